The highest BCUT2D eigenvalue weighted by atomic mass is 16.6. The van der Waals surface area contributed by atoms with Crippen LogP contribution in [0.25, 0.3) is 0 Å². The number of anilines is 1. The second-order valence-electron chi connectivity index (χ2n) is 3.52. The zero-order valence-electron chi connectivity index (χ0n) is 9.51. The number of nitrogens with zero attached hydrogens (tertiary/aromatic N) is 1. The Kier molecular flexibility index (Phi) is 4.45. The second kappa shape index (κ2) is 5.83. The summed E-state index contributed by atoms with van der Waals surface area (Å²) in [5, 5.41) is 10.6. The van der Waals surface area contributed by atoms with Crippen LogP contribution in [0.2, 0.25) is 0 Å². The SMILES string of the molecule is CCCCOC(=O)c1ccc(N)c([N+](=O)[O-])c1. The highest BCUT2D eigenvalue weighted by molar-refractivity contribution is 5.91. The third-order valence-electron chi connectivity index (χ3n) is 2.19. The summed E-state index contributed by atoms with van der Waals surface area (Å²) in [7, 11) is 0. The van der Waals surface area contributed by atoms with Crippen molar-refractivity contribution in [3.63, 3.8) is 0 Å². The molecule has 0 bridgehead atoms. The van der Waals surface area contributed by atoms with E-state index in [0.29, 0.717) is 6.61 Å². The van der Waals surface area contributed by atoms with Crippen molar-refractivity contribution < 1.29 is 14.5 Å². The van der Waals surface area contributed by atoms with Gasteiger partial charge in [-0.3, -0.25) is 10.1 Å². The van der Waals surface area contributed by atoms with Crippen molar-refractivity contribution in [2.75, 3.05) is 12.3 Å². The number of nitrogens with two attached hydrogens (primary N) is 1. The highest BCUT2D eigenvalue weighted by Crippen LogP contribution is 2.22. The zero-order valence-corrected chi connectivity index (χ0v) is 9.51. The molecule has 0 aliphatic rings. The average molecular weight is 238 g/mol. The number of esters is 1. The molecule has 2 N–H and O–H groups in total. The molecule has 0 aliphatic carbocycles. The largest absolute Gasteiger partial charge is 0.462 e. The number of ether oxygens (including phenoxy) is 1. The molecular formula is C11H14N2O4. The molecule has 0 fully saturated rings. The molecule has 17 heavy (non-hydrogen) atoms. The molecule has 1 rings (SSSR count). The predicted octanol–water partition coefficient (Wildman–Crippen LogP) is 2.13. The van der Waals surface area contributed by atoms with Crippen LogP contribution < -0.4 is 5.73 Å². The highest BCUT2D eigenvalue weighted by Gasteiger charge is 2.16. The van der Waals surface area contributed by atoms with Gasteiger partial charge in [-0.25, -0.2) is 4.79 Å². The number of unbranched alkanes of at least 4 members (excludes halogenated alkanes) is 1. The Morgan fingerprint density at radius 1 is 1.53 bits per heavy atom. The molecule has 92 valence electrons. The van der Waals surface area contributed by atoms with E-state index in [1.807, 2.05) is 6.92 Å². The van der Waals surface area contributed by atoms with Gasteiger partial charge in [-0.1, -0.05) is 13.3 Å². The van der Waals surface area contributed by atoms with Gasteiger partial charge < -0.3 is 10.5 Å². The lowest BCUT2D eigenvalue weighted by Gasteiger charge is -2.04. The minimum absolute atomic E-state index is 0.0279. The van der Waals surface area contributed by atoms with E-state index in [1.165, 1.54) is 12.1 Å². The Morgan fingerprint density at radius 3 is 2.82 bits per heavy atom. The summed E-state index contributed by atoms with van der Waals surface area (Å²) in [5.41, 5.74) is 5.30. The van der Waals surface area contributed by atoms with E-state index in [2.05, 4.69) is 0 Å². The molecule has 1 aromatic carbocycles. The minimum atomic E-state index is -0.627. The van der Waals surface area contributed by atoms with Gasteiger partial charge in [0, 0.05) is 6.07 Å². The fourth-order valence-electron chi connectivity index (χ4n) is 1.22. The summed E-state index contributed by atoms with van der Waals surface area (Å²) < 4.78 is 4.94. The van der Waals surface area contributed by atoms with Crippen molar-refractivity contribution in [1.82, 2.24) is 0 Å². The summed E-state index contributed by atoms with van der Waals surface area (Å²) in [6, 6.07) is 3.87. The molecule has 0 heterocycles. The lowest BCUT2D eigenvalue weighted by atomic mass is 10.2. The molecule has 6 nitrogen and oxygen atoms in total. The van der Waals surface area contributed by atoms with Gasteiger partial charge in [0.25, 0.3) is 5.69 Å². The van der Waals surface area contributed by atoms with Crippen LogP contribution in [0.4, 0.5) is 11.4 Å². The maximum atomic E-state index is 11.5. The molecule has 0 atom stereocenters. The standard InChI is InChI=1S/C11H14N2O4/c1-2-3-6-17-11(14)8-4-5-9(12)10(7-8)13(15)16/h4-5,7H,2-3,6,12H2,1H3. The molecule has 0 radical (unpaired) electrons. The van der Waals surface area contributed by atoms with Crippen LogP contribution in [-0.2, 0) is 4.74 Å². The van der Waals surface area contributed by atoms with Gasteiger partial charge in [-0.15, -0.1) is 0 Å². The molecule has 0 spiro atoms. The molecule has 0 amide bonds. The van der Waals surface area contributed by atoms with E-state index in [9.17, 15) is 14.9 Å². The quantitative estimate of drug-likeness (QED) is 0.279. The third kappa shape index (κ3) is 3.44. The number of hydrogen-bond donors (Lipinski definition) is 1. The zero-order chi connectivity index (χ0) is 12.8. The lowest BCUT2D eigenvalue weighted by Crippen LogP contribution is -2.07. The summed E-state index contributed by atoms with van der Waals surface area (Å²) in [5.74, 6) is -0.568. The number of rotatable bonds is 5. The van der Waals surface area contributed by atoms with Crippen molar-refractivity contribution >= 4 is 17.3 Å². The Bertz CT molecular complexity index is 431. The first-order valence-electron chi connectivity index (χ1n) is 5.27. The first-order chi connectivity index (χ1) is 8.06. The van der Waals surface area contributed by atoms with Gasteiger partial charge in [0.1, 0.15) is 5.69 Å². The molecule has 0 saturated carbocycles. The molecule has 0 unspecified atom stereocenters. The van der Waals surface area contributed by atoms with E-state index in [-0.39, 0.29) is 16.9 Å². The number of nitro groups is 1. The van der Waals surface area contributed by atoms with Crippen molar-refractivity contribution in [2.45, 2.75) is 19.8 Å². The first kappa shape index (κ1) is 13.0. The maximum Gasteiger partial charge on any atom is 0.338 e. The van der Waals surface area contributed by atoms with Crippen molar-refractivity contribution in [1.29, 1.82) is 0 Å². The molecule has 1 aromatic rings. The molecule has 0 aliphatic heterocycles. The molecule has 6 heteroatoms. The first-order valence-corrected chi connectivity index (χ1v) is 5.27. The minimum Gasteiger partial charge on any atom is -0.462 e. The van der Waals surface area contributed by atoms with Gasteiger partial charge >= 0.3 is 5.97 Å². The summed E-state index contributed by atoms with van der Waals surface area (Å²) in [6.45, 7) is 2.29. The summed E-state index contributed by atoms with van der Waals surface area (Å²) in [6.07, 6.45) is 1.68. The van der Waals surface area contributed by atoms with Gasteiger partial charge in [0.2, 0.25) is 0 Å². The van der Waals surface area contributed by atoms with Gasteiger partial charge in [-0.05, 0) is 18.6 Å². The van der Waals surface area contributed by atoms with Crippen molar-refractivity contribution in [3.05, 3.63) is 33.9 Å². The van der Waals surface area contributed by atoms with Crippen LogP contribution in [0.3, 0.4) is 0 Å². The summed E-state index contributed by atoms with van der Waals surface area (Å²) in [4.78, 5) is 21.5. The van der Waals surface area contributed by atoms with Crippen molar-refractivity contribution in [2.24, 2.45) is 0 Å². The lowest BCUT2D eigenvalue weighted by molar-refractivity contribution is -0.383. The molecule has 0 aromatic heterocycles. The smallest absolute Gasteiger partial charge is 0.338 e. The second-order valence-corrected chi connectivity index (χ2v) is 3.52. The Hall–Kier alpha value is -2.11. The fourth-order valence-corrected chi connectivity index (χ4v) is 1.22. The Labute approximate surface area is 98.5 Å². The van der Waals surface area contributed by atoms with Gasteiger partial charge in [0.15, 0.2) is 0 Å². The van der Waals surface area contributed by atoms with Crippen molar-refractivity contribution in [3.8, 4) is 0 Å². The predicted molar refractivity (Wildman–Crippen MR) is 62.7 cm³/mol. The van der Waals surface area contributed by atoms with E-state index >= 15 is 0 Å². The number of carbonyl (C=O) groups is 1. The van der Waals surface area contributed by atoms with E-state index in [1.54, 1.807) is 0 Å². The van der Waals surface area contributed by atoms with Gasteiger partial charge in [0.05, 0.1) is 17.1 Å². The normalized spacial score (nSPS) is 9.94. The molecular weight excluding hydrogens is 224 g/mol. The molecule has 0 saturated heterocycles. The van der Waals surface area contributed by atoms with Crippen LogP contribution >= 0.6 is 0 Å². The van der Waals surface area contributed by atoms with E-state index < -0.39 is 10.9 Å². The Balaban J connectivity index is 2.81. The average Bonchev–Trinajstić information content (AvgIpc) is 2.29. The number of nitrogen functional groups attached to an aromatic ring is 1. The number of benzene rings is 1. The topological polar surface area (TPSA) is 95.5 Å². The number of hydrogen-bond acceptors (Lipinski definition) is 5. The van der Waals surface area contributed by atoms with Crippen LogP contribution in [0.15, 0.2) is 18.2 Å². The Morgan fingerprint density at radius 2 is 2.24 bits per heavy atom. The summed E-state index contributed by atoms with van der Waals surface area (Å²) >= 11 is 0. The maximum absolute atomic E-state index is 11.5. The fraction of sp³-hybridized carbons (Fsp3) is 0.364. The van der Waals surface area contributed by atoms with Crippen LogP contribution in [0.1, 0.15) is 30.1 Å². The van der Waals surface area contributed by atoms with E-state index in [4.69, 9.17) is 10.5 Å². The van der Waals surface area contributed by atoms with Gasteiger partial charge in [-0.2, -0.15) is 0 Å². The number of nitro benzene ring substituents is 1. The van der Waals surface area contributed by atoms with Crippen LogP contribution in [0, 0.1) is 10.1 Å². The number of carbonyl (C=O) groups excluding carboxylic acids is 1. The third-order valence-corrected chi connectivity index (χ3v) is 2.19. The monoisotopic (exact) mass is 238 g/mol. The van der Waals surface area contributed by atoms with Crippen LogP contribution in [0.5, 0.6) is 0 Å². The van der Waals surface area contributed by atoms with E-state index in [0.717, 1.165) is 18.9 Å². The van der Waals surface area contributed by atoms with Crippen LogP contribution in [-0.4, -0.2) is 17.5 Å².